The van der Waals surface area contributed by atoms with Crippen molar-refractivity contribution < 1.29 is 18.4 Å². The Kier molecular flexibility index (Phi) is 6.22. The van der Waals surface area contributed by atoms with Crippen molar-refractivity contribution in [3.63, 3.8) is 0 Å². The van der Waals surface area contributed by atoms with Gasteiger partial charge in [0, 0.05) is 30.4 Å². The van der Waals surface area contributed by atoms with Crippen LogP contribution < -0.4 is 0 Å². The minimum Gasteiger partial charge on any atom is -0.312 e. The molecule has 0 atom stereocenters. The number of Topliss-reactive ketones (excluding diaryl/α,β-unsaturated/α-hetero) is 1. The standard InChI is InChI=1S/C12H19O4PS/c1-4-11-7-8-12(18-11)6-5-10(13)9-17(14,15-2)16-3/h7-8H,4-6,9H2,1-3H3. The first kappa shape index (κ1) is 15.6. The average molecular weight is 290 g/mol. The predicted molar refractivity (Wildman–Crippen MR) is 73.5 cm³/mol. The molecular weight excluding hydrogens is 271 g/mol. The maximum atomic E-state index is 11.8. The normalized spacial score (nSPS) is 11.7. The lowest BCUT2D eigenvalue weighted by atomic mass is 10.2. The first-order valence-corrected chi connectivity index (χ1v) is 8.37. The molecule has 0 aliphatic heterocycles. The van der Waals surface area contributed by atoms with Crippen LogP contribution in [0.2, 0.25) is 0 Å². The summed E-state index contributed by atoms with van der Waals surface area (Å²) in [6.45, 7) is 2.11. The van der Waals surface area contributed by atoms with Gasteiger partial charge in [-0.15, -0.1) is 11.3 Å². The molecule has 0 unspecified atom stereocenters. The summed E-state index contributed by atoms with van der Waals surface area (Å²) in [7, 11) is -0.613. The average Bonchev–Trinajstić information content (AvgIpc) is 2.84. The molecule has 1 aromatic rings. The molecule has 0 radical (unpaired) electrons. The van der Waals surface area contributed by atoms with Crippen LogP contribution in [0, 0.1) is 0 Å². The highest BCUT2D eigenvalue weighted by molar-refractivity contribution is 7.54. The minimum absolute atomic E-state index is 0.0894. The number of hydrogen-bond acceptors (Lipinski definition) is 5. The van der Waals surface area contributed by atoms with Crippen LogP contribution in [-0.2, 0) is 31.2 Å². The highest BCUT2D eigenvalue weighted by Gasteiger charge is 2.25. The van der Waals surface area contributed by atoms with Gasteiger partial charge in [-0.1, -0.05) is 6.92 Å². The number of ketones is 1. The number of carbonyl (C=O) groups excluding carboxylic acids is 1. The zero-order valence-electron chi connectivity index (χ0n) is 11.0. The Morgan fingerprint density at radius 3 is 2.39 bits per heavy atom. The Hall–Kier alpha value is -0.480. The topological polar surface area (TPSA) is 52.6 Å². The van der Waals surface area contributed by atoms with Crippen molar-refractivity contribution in [2.24, 2.45) is 0 Å². The minimum atomic E-state index is -3.21. The molecule has 1 heterocycles. The number of carbonyl (C=O) groups is 1. The summed E-state index contributed by atoms with van der Waals surface area (Å²) >= 11 is 1.72. The van der Waals surface area contributed by atoms with E-state index in [-0.39, 0.29) is 11.9 Å². The van der Waals surface area contributed by atoms with E-state index < -0.39 is 7.60 Å². The van der Waals surface area contributed by atoms with E-state index in [1.807, 2.05) is 6.07 Å². The van der Waals surface area contributed by atoms with Gasteiger partial charge in [0.15, 0.2) is 0 Å². The molecular formula is C12H19O4PS. The van der Waals surface area contributed by atoms with Gasteiger partial charge in [-0.05, 0) is 25.0 Å². The van der Waals surface area contributed by atoms with E-state index in [4.69, 9.17) is 9.05 Å². The van der Waals surface area contributed by atoms with E-state index in [0.717, 1.165) is 6.42 Å². The summed E-state index contributed by atoms with van der Waals surface area (Å²) in [4.78, 5) is 14.2. The molecule has 6 heteroatoms. The second-order valence-electron chi connectivity index (χ2n) is 3.89. The van der Waals surface area contributed by atoms with Gasteiger partial charge >= 0.3 is 7.60 Å². The van der Waals surface area contributed by atoms with Gasteiger partial charge in [0.1, 0.15) is 11.9 Å². The van der Waals surface area contributed by atoms with Gasteiger partial charge in [0.05, 0.1) is 0 Å². The van der Waals surface area contributed by atoms with Crippen molar-refractivity contribution in [1.82, 2.24) is 0 Å². The molecule has 18 heavy (non-hydrogen) atoms. The van der Waals surface area contributed by atoms with Crippen LogP contribution in [0.3, 0.4) is 0 Å². The summed E-state index contributed by atoms with van der Waals surface area (Å²) in [5.74, 6) is -0.0894. The van der Waals surface area contributed by atoms with E-state index in [2.05, 4.69) is 13.0 Å². The van der Waals surface area contributed by atoms with Crippen molar-refractivity contribution in [1.29, 1.82) is 0 Å². The Balaban J connectivity index is 2.44. The third-order valence-electron chi connectivity index (χ3n) is 2.64. The molecule has 0 fully saturated rings. The van der Waals surface area contributed by atoms with Crippen molar-refractivity contribution in [2.45, 2.75) is 26.2 Å². The zero-order valence-corrected chi connectivity index (χ0v) is 12.7. The molecule has 102 valence electrons. The lowest BCUT2D eigenvalue weighted by Gasteiger charge is -2.12. The van der Waals surface area contributed by atoms with E-state index >= 15 is 0 Å². The maximum Gasteiger partial charge on any atom is 0.337 e. The molecule has 4 nitrogen and oxygen atoms in total. The highest BCUT2D eigenvalue weighted by Crippen LogP contribution is 2.46. The van der Waals surface area contributed by atoms with Gasteiger partial charge in [-0.2, -0.15) is 0 Å². The van der Waals surface area contributed by atoms with Gasteiger partial charge < -0.3 is 9.05 Å². The van der Waals surface area contributed by atoms with E-state index in [1.165, 1.54) is 24.0 Å². The van der Waals surface area contributed by atoms with Crippen LogP contribution in [0.4, 0.5) is 0 Å². The third-order valence-corrected chi connectivity index (χ3v) is 5.78. The fraction of sp³-hybridized carbons (Fsp3) is 0.583. The fourth-order valence-electron chi connectivity index (χ4n) is 1.51. The molecule has 0 N–H and O–H groups in total. The lowest BCUT2D eigenvalue weighted by Crippen LogP contribution is -2.08. The Labute approximate surface area is 112 Å². The first-order chi connectivity index (χ1) is 8.53. The second kappa shape index (κ2) is 7.19. The fourth-order valence-corrected chi connectivity index (χ4v) is 3.46. The van der Waals surface area contributed by atoms with Gasteiger partial charge in [0.2, 0.25) is 0 Å². The molecule has 0 aliphatic carbocycles. The number of aryl methyl sites for hydroxylation is 2. The highest BCUT2D eigenvalue weighted by atomic mass is 32.1. The third kappa shape index (κ3) is 4.65. The Morgan fingerprint density at radius 2 is 1.89 bits per heavy atom. The van der Waals surface area contributed by atoms with Crippen LogP contribution >= 0.6 is 18.9 Å². The van der Waals surface area contributed by atoms with E-state index in [1.54, 1.807) is 11.3 Å². The lowest BCUT2D eigenvalue weighted by molar-refractivity contribution is -0.116. The van der Waals surface area contributed by atoms with Gasteiger partial charge in [-0.3, -0.25) is 9.36 Å². The largest absolute Gasteiger partial charge is 0.337 e. The quantitative estimate of drug-likeness (QED) is 0.689. The van der Waals surface area contributed by atoms with Gasteiger partial charge in [0.25, 0.3) is 0 Å². The zero-order chi connectivity index (χ0) is 13.6. The first-order valence-electron chi connectivity index (χ1n) is 5.82. The van der Waals surface area contributed by atoms with E-state index in [0.29, 0.717) is 12.8 Å². The maximum absolute atomic E-state index is 11.8. The summed E-state index contributed by atoms with van der Waals surface area (Å²) in [5.41, 5.74) is 0. The molecule has 0 saturated carbocycles. The summed E-state index contributed by atoms with van der Waals surface area (Å²) < 4.78 is 21.3. The monoisotopic (exact) mass is 290 g/mol. The molecule has 0 aromatic carbocycles. The summed E-state index contributed by atoms with van der Waals surface area (Å²) in [6.07, 6.45) is 1.94. The van der Waals surface area contributed by atoms with Crippen molar-refractivity contribution in [3.05, 3.63) is 21.9 Å². The van der Waals surface area contributed by atoms with Crippen molar-refractivity contribution >= 4 is 24.7 Å². The number of hydrogen-bond donors (Lipinski definition) is 0. The Bertz CT molecular complexity index is 433. The smallest absolute Gasteiger partial charge is 0.312 e. The summed E-state index contributed by atoms with van der Waals surface area (Å²) in [6, 6.07) is 4.13. The van der Waals surface area contributed by atoms with Crippen molar-refractivity contribution in [3.8, 4) is 0 Å². The number of rotatable bonds is 8. The SMILES string of the molecule is CCc1ccc(CCC(=O)CP(=O)(OC)OC)s1. The molecule has 1 rings (SSSR count). The molecule has 0 aliphatic rings. The van der Waals surface area contributed by atoms with Gasteiger partial charge in [-0.25, -0.2) is 0 Å². The molecule has 0 amide bonds. The van der Waals surface area contributed by atoms with Crippen LogP contribution in [0.25, 0.3) is 0 Å². The van der Waals surface area contributed by atoms with Crippen LogP contribution in [0.5, 0.6) is 0 Å². The molecule has 1 aromatic heterocycles. The number of thiophene rings is 1. The Morgan fingerprint density at radius 1 is 1.28 bits per heavy atom. The van der Waals surface area contributed by atoms with E-state index in [9.17, 15) is 9.36 Å². The van der Waals surface area contributed by atoms with Crippen LogP contribution in [0.1, 0.15) is 23.1 Å². The van der Waals surface area contributed by atoms with Crippen molar-refractivity contribution in [2.75, 3.05) is 20.4 Å². The predicted octanol–water partition coefficient (Wildman–Crippen LogP) is 3.30. The second-order valence-corrected chi connectivity index (χ2v) is 7.42. The van der Waals surface area contributed by atoms with Crippen LogP contribution in [-0.4, -0.2) is 26.2 Å². The molecule has 0 spiro atoms. The molecule has 0 saturated heterocycles. The summed E-state index contributed by atoms with van der Waals surface area (Å²) in [5, 5.41) is 0. The van der Waals surface area contributed by atoms with Crippen LogP contribution in [0.15, 0.2) is 12.1 Å². The molecule has 0 bridgehead atoms.